The summed E-state index contributed by atoms with van der Waals surface area (Å²) in [7, 11) is 2.14. The van der Waals surface area contributed by atoms with E-state index in [4.69, 9.17) is 4.74 Å². The van der Waals surface area contributed by atoms with Crippen molar-refractivity contribution in [2.24, 2.45) is 0 Å². The number of nitrogens with zero attached hydrogens (tertiary/aromatic N) is 1. The Balaban J connectivity index is 1.79. The molecule has 2 atom stereocenters. The number of likely N-dealkylation sites (N-methyl/N-ethyl adjacent to an activating group) is 1. The summed E-state index contributed by atoms with van der Waals surface area (Å²) >= 11 is 0. The molecule has 0 radical (unpaired) electrons. The molecule has 1 aliphatic rings. The van der Waals surface area contributed by atoms with Crippen LogP contribution in [-0.2, 0) is 0 Å². The average molecular weight is 285 g/mol. The Morgan fingerprint density at radius 1 is 1.05 bits per heavy atom. The van der Waals surface area contributed by atoms with Gasteiger partial charge in [-0.1, -0.05) is 30.3 Å². The first-order chi connectivity index (χ1) is 10.2. The fourth-order valence-electron chi connectivity index (χ4n) is 2.94. The number of piperidine rings is 1. The molecule has 2 aromatic rings. The van der Waals surface area contributed by atoms with E-state index in [0.717, 1.165) is 25.3 Å². The van der Waals surface area contributed by atoms with Crippen molar-refractivity contribution < 1.29 is 9.13 Å². The summed E-state index contributed by atoms with van der Waals surface area (Å²) in [5, 5.41) is 0. The monoisotopic (exact) mass is 285 g/mol. The van der Waals surface area contributed by atoms with Gasteiger partial charge in [-0.2, -0.15) is 0 Å². The van der Waals surface area contributed by atoms with Crippen molar-refractivity contribution in [3.8, 4) is 5.75 Å². The normalized spacial score (nSPS) is 23.0. The number of likely N-dealkylation sites (tertiary alicyclic amines) is 1. The minimum atomic E-state index is -0.231. The highest BCUT2D eigenvalue weighted by Crippen LogP contribution is 2.30. The number of hydrogen-bond acceptors (Lipinski definition) is 2. The van der Waals surface area contributed by atoms with E-state index in [0.29, 0.717) is 5.92 Å². The molecule has 3 rings (SSSR count). The fourth-order valence-corrected chi connectivity index (χ4v) is 2.94. The molecule has 0 bridgehead atoms. The van der Waals surface area contributed by atoms with Crippen LogP contribution in [0.4, 0.5) is 4.39 Å². The van der Waals surface area contributed by atoms with Gasteiger partial charge >= 0.3 is 0 Å². The molecule has 0 saturated carbocycles. The minimum Gasteiger partial charge on any atom is -0.490 e. The van der Waals surface area contributed by atoms with Gasteiger partial charge in [0.1, 0.15) is 17.7 Å². The summed E-state index contributed by atoms with van der Waals surface area (Å²) in [5.74, 6) is 0.854. The molecule has 0 amide bonds. The van der Waals surface area contributed by atoms with Crippen LogP contribution in [0.5, 0.6) is 5.75 Å². The lowest BCUT2D eigenvalue weighted by atomic mass is 9.88. The summed E-state index contributed by atoms with van der Waals surface area (Å²) in [6.45, 7) is 2.01. The predicted molar refractivity (Wildman–Crippen MR) is 82.1 cm³/mol. The zero-order valence-electron chi connectivity index (χ0n) is 12.2. The molecule has 0 unspecified atom stereocenters. The summed E-state index contributed by atoms with van der Waals surface area (Å²) in [5.41, 5.74) is 1.30. The van der Waals surface area contributed by atoms with E-state index < -0.39 is 0 Å². The first-order valence-electron chi connectivity index (χ1n) is 7.38. The maximum atomic E-state index is 13.0. The SMILES string of the molecule is CN1CC[C@H](Oc2ccc(F)cc2)[C@@H](c2ccccc2)C1. The van der Waals surface area contributed by atoms with Gasteiger partial charge in [-0.15, -0.1) is 0 Å². The lowest BCUT2D eigenvalue weighted by molar-refractivity contribution is 0.0901. The molecule has 1 aliphatic heterocycles. The Morgan fingerprint density at radius 3 is 2.48 bits per heavy atom. The largest absolute Gasteiger partial charge is 0.490 e. The second-order valence-electron chi connectivity index (χ2n) is 5.68. The molecule has 2 nitrogen and oxygen atoms in total. The first-order valence-corrected chi connectivity index (χ1v) is 7.38. The van der Waals surface area contributed by atoms with Crippen molar-refractivity contribution in [1.82, 2.24) is 4.90 Å². The van der Waals surface area contributed by atoms with Crippen LogP contribution in [-0.4, -0.2) is 31.1 Å². The molecule has 0 spiro atoms. The molecule has 2 aromatic carbocycles. The fraction of sp³-hybridized carbons (Fsp3) is 0.333. The molecule has 1 fully saturated rings. The van der Waals surface area contributed by atoms with E-state index >= 15 is 0 Å². The smallest absolute Gasteiger partial charge is 0.123 e. The van der Waals surface area contributed by atoms with E-state index in [1.807, 2.05) is 6.07 Å². The molecular weight excluding hydrogens is 265 g/mol. The van der Waals surface area contributed by atoms with Crippen LogP contribution in [0, 0.1) is 5.82 Å². The minimum absolute atomic E-state index is 0.133. The Labute approximate surface area is 125 Å². The number of ether oxygens (including phenoxy) is 1. The molecule has 1 heterocycles. The molecule has 3 heteroatoms. The van der Waals surface area contributed by atoms with E-state index in [9.17, 15) is 4.39 Å². The quantitative estimate of drug-likeness (QED) is 0.852. The van der Waals surface area contributed by atoms with Crippen LogP contribution in [0.2, 0.25) is 0 Å². The highest BCUT2D eigenvalue weighted by atomic mass is 19.1. The number of benzene rings is 2. The Hall–Kier alpha value is -1.87. The predicted octanol–water partition coefficient (Wildman–Crippen LogP) is 3.69. The first kappa shape index (κ1) is 14.1. The van der Waals surface area contributed by atoms with Crippen molar-refractivity contribution in [2.45, 2.75) is 18.4 Å². The van der Waals surface area contributed by atoms with Crippen molar-refractivity contribution in [2.75, 3.05) is 20.1 Å². The third-order valence-corrected chi connectivity index (χ3v) is 4.08. The molecule has 0 N–H and O–H groups in total. The van der Waals surface area contributed by atoms with Crippen LogP contribution < -0.4 is 4.74 Å². The zero-order valence-corrected chi connectivity index (χ0v) is 12.2. The van der Waals surface area contributed by atoms with Gasteiger partial charge in [0, 0.05) is 19.0 Å². The number of rotatable bonds is 3. The summed E-state index contributed by atoms with van der Waals surface area (Å²) in [6.07, 6.45) is 1.11. The van der Waals surface area contributed by atoms with Gasteiger partial charge in [-0.05, 0) is 43.3 Å². The number of halogens is 1. The maximum absolute atomic E-state index is 13.0. The van der Waals surface area contributed by atoms with E-state index in [2.05, 4.69) is 36.2 Å². The topological polar surface area (TPSA) is 12.5 Å². The Morgan fingerprint density at radius 2 is 1.76 bits per heavy atom. The van der Waals surface area contributed by atoms with Gasteiger partial charge in [0.2, 0.25) is 0 Å². The van der Waals surface area contributed by atoms with Crippen LogP contribution in [0.3, 0.4) is 0 Å². The Kier molecular flexibility index (Phi) is 4.20. The zero-order chi connectivity index (χ0) is 14.7. The van der Waals surface area contributed by atoms with Gasteiger partial charge in [0.15, 0.2) is 0 Å². The highest BCUT2D eigenvalue weighted by molar-refractivity contribution is 5.26. The van der Waals surface area contributed by atoms with Crippen molar-refractivity contribution in [3.63, 3.8) is 0 Å². The van der Waals surface area contributed by atoms with Crippen LogP contribution >= 0.6 is 0 Å². The number of hydrogen-bond donors (Lipinski definition) is 0. The molecule has 0 aromatic heterocycles. The molecule has 21 heavy (non-hydrogen) atoms. The maximum Gasteiger partial charge on any atom is 0.123 e. The molecule has 1 saturated heterocycles. The van der Waals surface area contributed by atoms with Crippen molar-refractivity contribution >= 4 is 0 Å². The molecular formula is C18H20FNO. The van der Waals surface area contributed by atoms with Crippen LogP contribution in [0.25, 0.3) is 0 Å². The van der Waals surface area contributed by atoms with E-state index in [1.54, 1.807) is 12.1 Å². The standard InChI is InChI=1S/C18H20FNO/c1-20-12-11-18(21-16-9-7-15(19)8-10-16)17(13-20)14-5-3-2-4-6-14/h2-10,17-18H,11-13H2,1H3/t17-,18+/m1/s1. The van der Waals surface area contributed by atoms with E-state index in [-0.39, 0.29) is 11.9 Å². The van der Waals surface area contributed by atoms with E-state index in [1.165, 1.54) is 17.7 Å². The van der Waals surface area contributed by atoms with Gasteiger partial charge in [0.25, 0.3) is 0 Å². The van der Waals surface area contributed by atoms with Gasteiger partial charge in [-0.25, -0.2) is 4.39 Å². The van der Waals surface area contributed by atoms with Gasteiger partial charge in [0.05, 0.1) is 0 Å². The second-order valence-corrected chi connectivity index (χ2v) is 5.68. The lowest BCUT2D eigenvalue weighted by Gasteiger charge is -2.37. The van der Waals surface area contributed by atoms with Crippen molar-refractivity contribution in [1.29, 1.82) is 0 Å². The third kappa shape index (κ3) is 3.42. The summed E-state index contributed by atoms with van der Waals surface area (Å²) in [4.78, 5) is 2.34. The van der Waals surface area contributed by atoms with Crippen LogP contribution in [0.1, 0.15) is 17.9 Å². The average Bonchev–Trinajstić information content (AvgIpc) is 2.52. The third-order valence-electron chi connectivity index (χ3n) is 4.08. The van der Waals surface area contributed by atoms with Gasteiger partial charge in [-0.3, -0.25) is 0 Å². The molecule has 0 aliphatic carbocycles. The lowest BCUT2D eigenvalue weighted by Crippen LogP contribution is -2.42. The van der Waals surface area contributed by atoms with Crippen LogP contribution in [0.15, 0.2) is 54.6 Å². The summed E-state index contributed by atoms with van der Waals surface area (Å²) in [6, 6.07) is 16.8. The van der Waals surface area contributed by atoms with Crippen molar-refractivity contribution in [3.05, 3.63) is 66.0 Å². The van der Waals surface area contributed by atoms with Gasteiger partial charge < -0.3 is 9.64 Å². The summed E-state index contributed by atoms with van der Waals surface area (Å²) < 4.78 is 19.1. The Bertz CT molecular complexity index is 570. The second kappa shape index (κ2) is 6.27. The molecule has 110 valence electrons. The highest BCUT2D eigenvalue weighted by Gasteiger charge is 2.30.